The first kappa shape index (κ1) is 19.4. The number of ether oxygens (including phenoxy) is 1. The maximum atomic E-state index is 12.7. The average molecular weight is 419 g/mol. The summed E-state index contributed by atoms with van der Waals surface area (Å²) in [7, 11) is -4.00. The zero-order valence-electron chi connectivity index (χ0n) is 15.7. The molecule has 0 saturated carbocycles. The molecule has 0 atom stereocenters. The second kappa shape index (κ2) is 7.84. The number of rotatable bonds is 5. The summed E-state index contributed by atoms with van der Waals surface area (Å²) < 4.78 is 31.2. The minimum absolute atomic E-state index is 0.0224. The van der Waals surface area contributed by atoms with Crippen molar-refractivity contribution in [2.24, 2.45) is 0 Å². The fourth-order valence-electron chi connectivity index (χ4n) is 2.88. The topological polar surface area (TPSA) is 104 Å². The van der Waals surface area contributed by atoms with E-state index in [4.69, 9.17) is 10.5 Å². The molecular formula is C22H17N3O4S. The van der Waals surface area contributed by atoms with Gasteiger partial charge in [0.1, 0.15) is 5.82 Å². The molecule has 1 heterocycles. The maximum absolute atomic E-state index is 12.7. The second-order valence-electron chi connectivity index (χ2n) is 6.40. The van der Waals surface area contributed by atoms with Gasteiger partial charge in [-0.05, 0) is 35.4 Å². The van der Waals surface area contributed by atoms with Gasteiger partial charge >= 0.3 is 5.97 Å². The van der Waals surface area contributed by atoms with E-state index in [9.17, 15) is 13.2 Å². The highest BCUT2D eigenvalue weighted by Crippen LogP contribution is 2.23. The van der Waals surface area contributed by atoms with Gasteiger partial charge in [-0.3, -0.25) is 0 Å². The van der Waals surface area contributed by atoms with Crippen LogP contribution in [0.4, 0.5) is 5.82 Å². The summed E-state index contributed by atoms with van der Waals surface area (Å²) in [5.41, 5.74) is 8.07. The monoisotopic (exact) mass is 419 g/mol. The number of hydrogen-bond acceptors (Lipinski definition) is 6. The summed E-state index contributed by atoms with van der Waals surface area (Å²) in [4.78, 5) is 12.5. The van der Waals surface area contributed by atoms with E-state index in [1.807, 2.05) is 30.3 Å². The van der Waals surface area contributed by atoms with Gasteiger partial charge < -0.3 is 10.5 Å². The van der Waals surface area contributed by atoms with Crippen LogP contribution >= 0.6 is 0 Å². The highest BCUT2D eigenvalue weighted by atomic mass is 32.2. The smallest absolute Gasteiger partial charge is 0.344 e. The first-order valence-corrected chi connectivity index (χ1v) is 10.4. The maximum Gasteiger partial charge on any atom is 0.344 e. The Labute approximate surface area is 173 Å². The Morgan fingerprint density at radius 2 is 1.40 bits per heavy atom. The Kier molecular flexibility index (Phi) is 5.07. The lowest BCUT2D eigenvalue weighted by Gasteiger charge is -2.05. The fourth-order valence-corrected chi connectivity index (χ4v) is 4.09. The zero-order chi connectivity index (χ0) is 21.1. The van der Waals surface area contributed by atoms with Gasteiger partial charge in [-0.1, -0.05) is 60.7 Å². The quantitative estimate of drug-likeness (QED) is 0.496. The van der Waals surface area contributed by atoms with Crippen molar-refractivity contribution in [3.63, 3.8) is 0 Å². The Hall–Kier alpha value is -3.91. The largest absolute Gasteiger partial charge is 0.402 e. The second-order valence-corrected chi connectivity index (χ2v) is 8.17. The Morgan fingerprint density at radius 1 is 0.833 bits per heavy atom. The van der Waals surface area contributed by atoms with Gasteiger partial charge in [0.15, 0.2) is 0 Å². The van der Waals surface area contributed by atoms with E-state index >= 15 is 0 Å². The molecule has 4 aromatic rings. The molecule has 0 aliphatic carbocycles. The predicted molar refractivity (Wildman–Crippen MR) is 113 cm³/mol. The zero-order valence-corrected chi connectivity index (χ0v) is 16.5. The molecule has 0 spiro atoms. The summed E-state index contributed by atoms with van der Waals surface area (Å²) >= 11 is 0. The minimum atomic E-state index is -4.00. The number of carbonyl (C=O) groups is 1. The Bertz CT molecular complexity index is 1280. The van der Waals surface area contributed by atoms with Crippen molar-refractivity contribution in [1.29, 1.82) is 0 Å². The van der Waals surface area contributed by atoms with Crippen LogP contribution in [-0.2, 0) is 10.0 Å². The molecule has 0 amide bonds. The highest BCUT2D eigenvalue weighted by molar-refractivity contribution is 7.90. The molecular weight excluding hydrogens is 402 g/mol. The lowest BCUT2D eigenvalue weighted by molar-refractivity contribution is 0.0727. The van der Waals surface area contributed by atoms with Crippen LogP contribution in [0, 0.1) is 0 Å². The normalized spacial score (nSPS) is 11.2. The van der Waals surface area contributed by atoms with Crippen molar-refractivity contribution in [2.45, 2.75) is 4.90 Å². The SMILES string of the molecule is Nc1cc(OC(=O)c2ccc(-c3ccccc3)cc2)nn1S(=O)(=O)c1ccccc1. The van der Waals surface area contributed by atoms with Gasteiger partial charge in [0, 0.05) is 6.07 Å². The third-order valence-corrected chi connectivity index (χ3v) is 5.99. The molecule has 3 aromatic carbocycles. The van der Waals surface area contributed by atoms with Gasteiger partial charge in [-0.25, -0.2) is 4.79 Å². The number of carbonyl (C=O) groups excluding carboxylic acids is 1. The molecule has 30 heavy (non-hydrogen) atoms. The molecule has 150 valence electrons. The van der Waals surface area contributed by atoms with Crippen LogP contribution in [0.5, 0.6) is 5.88 Å². The molecule has 8 heteroatoms. The first-order valence-electron chi connectivity index (χ1n) is 8.99. The molecule has 7 nitrogen and oxygen atoms in total. The summed E-state index contributed by atoms with van der Waals surface area (Å²) in [6.07, 6.45) is 0. The standard InChI is InChI=1S/C22H17N3O4S/c23-20-15-21(24-25(20)30(27,28)19-9-5-2-6-10-19)29-22(26)18-13-11-17(12-14-18)16-7-3-1-4-8-16/h1-15H,23H2. The van der Waals surface area contributed by atoms with Crippen molar-refractivity contribution in [1.82, 2.24) is 9.19 Å². The number of nitrogen functional groups attached to an aromatic ring is 1. The van der Waals surface area contributed by atoms with E-state index in [1.54, 1.807) is 42.5 Å². The Morgan fingerprint density at radius 3 is 2.03 bits per heavy atom. The first-order chi connectivity index (χ1) is 14.4. The van der Waals surface area contributed by atoms with Crippen LogP contribution in [0.3, 0.4) is 0 Å². The molecule has 2 N–H and O–H groups in total. The van der Waals surface area contributed by atoms with Gasteiger partial charge in [0.05, 0.1) is 10.5 Å². The van der Waals surface area contributed by atoms with E-state index in [2.05, 4.69) is 5.10 Å². The summed E-state index contributed by atoms with van der Waals surface area (Å²) in [6.45, 7) is 0. The van der Waals surface area contributed by atoms with E-state index in [0.717, 1.165) is 11.1 Å². The number of aromatic nitrogens is 2. The molecule has 0 bridgehead atoms. The van der Waals surface area contributed by atoms with Crippen molar-refractivity contribution in [3.8, 4) is 17.0 Å². The lowest BCUT2D eigenvalue weighted by atomic mass is 10.0. The van der Waals surface area contributed by atoms with E-state index in [-0.39, 0.29) is 16.6 Å². The number of benzene rings is 3. The van der Waals surface area contributed by atoms with Gasteiger partial charge in [0.2, 0.25) is 5.88 Å². The number of nitrogens with two attached hydrogens (primary N) is 1. The van der Waals surface area contributed by atoms with Gasteiger partial charge in [-0.15, -0.1) is 9.19 Å². The predicted octanol–water partition coefficient (Wildman–Crippen LogP) is 3.59. The van der Waals surface area contributed by atoms with Crippen molar-refractivity contribution in [3.05, 3.63) is 96.6 Å². The number of hydrogen-bond donors (Lipinski definition) is 1. The highest BCUT2D eigenvalue weighted by Gasteiger charge is 2.23. The summed E-state index contributed by atoms with van der Waals surface area (Å²) in [5.74, 6) is -1.04. The molecule has 1 aromatic heterocycles. The van der Waals surface area contributed by atoms with Crippen LogP contribution in [0.15, 0.2) is 95.9 Å². The van der Waals surface area contributed by atoms with E-state index in [0.29, 0.717) is 9.65 Å². The third-order valence-electron chi connectivity index (χ3n) is 4.38. The molecule has 0 radical (unpaired) electrons. The van der Waals surface area contributed by atoms with Gasteiger partial charge in [-0.2, -0.15) is 8.42 Å². The van der Waals surface area contributed by atoms with Crippen LogP contribution in [-0.4, -0.2) is 23.6 Å². The van der Waals surface area contributed by atoms with Crippen molar-refractivity contribution < 1.29 is 17.9 Å². The molecule has 4 rings (SSSR count). The number of esters is 1. The molecule has 0 aliphatic heterocycles. The van der Waals surface area contributed by atoms with E-state index < -0.39 is 16.0 Å². The van der Waals surface area contributed by atoms with Crippen molar-refractivity contribution in [2.75, 3.05) is 5.73 Å². The Balaban J connectivity index is 1.54. The van der Waals surface area contributed by atoms with Crippen molar-refractivity contribution >= 4 is 21.8 Å². The van der Waals surface area contributed by atoms with E-state index in [1.165, 1.54) is 18.2 Å². The minimum Gasteiger partial charge on any atom is -0.402 e. The van der Waals surface area contributed by atoms with Crippen LogP contribution in [0.25, 0.3) is 11.1 Å². The van der Waals surface area contributed by atoms with Gasteiger partial charge in [0.25, 0.3) is 10.0 Å². The number of anilines is 1. The van der Waals surface area contributed by atoms with Crippen LogP contribution < -0.4 is 10.5 Å². The summed E-state index contributed by atoms with van der Waals surface area (Å²) in [6, 6.07) is 25.5. The summed E-state index contributed by atoms with van der Waals surface area (Å²) in [5, 5.41) is 3.85. The lowest BCUT2D eigenvalue weighted by Crippen LogP contribution is -2.17. The average Bonchev–Trinajstić information content (AvgIpc) is 3.16. The molecule has 0 fully saturated rings. The number of nitrogens with zero attached hydrogens (tertiary/aromatic N) is 2. The van der Waals surface area contributed by atoms with Crippen LogP contribution in [0.2, 0.25) is 0 Å². The van der Waals surface area contributed by atoms with Crippen LogP contribution in [0.1, 0.15) is 10.4 Å². The molecule has 0 unspecified atom stereocenters. The third kappa shape index (κ3) is 3.81. The fraction of sp³-hybridized carbons (Fsp3) is 0. The molecule has 0 aliphatic rings. The molecule has 0 saturated heterocycles.